The van der Waals surface area contributed by atoms with Crippen molar-refractivity contribution >= 4 is 7.82 Å². The second-order valence-corrected chi connectivity index (χ2v) is 11.6. The molecule has 0 aliphatic carbocycles. The topological polar surface area (TPSA) is 66.8 Å². The summed E-state index contributed by atoms with van der Waals surface area (Å²) in [5.74, 6) is 0. The van der Waals surface area contributed by atoms with E-state index in [0.717, 1.165) is 25.8 Å². The van der Waals surface area contributed by atoms with Crippen molar-refractivity contribution in [3.05, 3.63) is 0 Å². The zero-order chi connectivity index (χ0) is 24.1. The number of likely N-dealkylation sites (N-methyl/N-ethyl adjacent to an activating group) is 1. The molecule has 0 saturated heterocycles. The summed E-state index contributed by atoms with van der Waals surface area (Å²) in [5, 5.41) is 0. The van der Waals surface area contributed by atoms with Gasteiger partial charge < -0.3 is 14.3 Å². The predicted molar refractivity (Wildman–Crippen MR) is 138 cm³/mol. The van der Waals surface area contributed by atoms with E-state index in [1.165, 1.54) is 103 Å². The molecular weight excluding hydrogens is 421 g/mol. The fourth-order valence-corrected chi connectivity index (χ4v) is 4.89. The minimum absolute atomic E-state index is 0.369. The van der Waals surface area contributed by atoms with Gasteiger partial charge in [-0.1, -0.05) is 122 Å². The van der Waals surface area contributed by atoms with Gasteiger partial charge in [0.1, 0.15) is 12.6 Å². The summed E-state index contributed by atoms with van der Waals surface area (Å²) in [6.45, 7) is 5.92. The molecule has 0 radical (unpaired) electrons. The molecule has 0 aromatic heterocycles. The number of unbranched alkanes of at least 4 members (excludes halogenated alkanes) is 17. The summed E-state index contributed by atoms with van der Waals surface area (Å²) >= 11 is 0. The van der Waals surface area contributed by atoms with Gasteiger partial charge in [-0.3, -0.25) is 4.52 Å². The maximum atomic E-state index is 11.3. The number of nitrogens with zero attached hydrogens (tertiary/aromatic N) is 1. The van der Waals surface area contributed by atoms with Crippen molar-refractivity contribution in [2.24, 2.45) is 0 Å². The molecule has 5 nitrogen and oxygen atoms in total. The molecule has 0 spiro atoms. The number of rotatable bonds is 24. The van der Waals surface area contributed by atoms with Gasteiger partial charge in [-0.25, -0.2) is 4.57 Å². The van der Waals surface area contributed by atoms with E-state index >= 15 is 0 Å². The predicted octanol–water partition coefficient (Wildman–Crippen LogP) is 7.99. The lowest BCUT2D eigenvalue weighted by molar-refractivity contribution is -0.891. The highest BCUT2D eigenvalue weighted by Gasteiger charge is 2.27. The summed E-state index contributed by atoms with van der Waals surface area (Å²) in [5.41, 5.74) is 0. The maximum Gasteiger partial charge on any atom is 0.470 e. The molecule has 0 aliphatic heterocycles. The molecule has 1 atom stereocenters. The second kappa shape index (κ2) is 20.4. The van der Waals surface area contributed by atoms with Gasteiger partial charge in [-0.15, -0.1) is 0 Å². The third kappa shape index (κ3) is 23.2. The lowest BCUT2D eigenvalue weighted by atomic mass is 10.0. The standard InChI is InChI=1S/C26H56NO4P/c1-5-7-8-9-10-11-12-13-14-15-16-17-18-19-20-21-22-23-24-26(31-32(28,29)30)25-27(3,4)6-2/h26H,5-25H2,1-4H3,(H-,28,29,30)/p+1. The molecule has 2 N–H and O–H groups in total. The van der Waals surface area contributed by atoms with Crippen LogP contribution in [0.4, 0.5) is 0 Å². The largest absolute Gasteiger partial charge is 0.470 e. The van der Waals surface area contributed by atoms with Gasteiger partial charge >= 0.3 is 7.82 Å². The number of hydrogen-bond donors (Lipinski definition) is 2. The Bertz CT molecular complexity index is 453. The monoisotopic (exact) mass is 478 g/mol. The smallest absolute Gasteiger partial charge is 0.327 e. The summed E-state index contributed by atoms with van der Waals surface area (Å²) in [4.78, 5) is 18.4. The summed E-state index contributed by atoms with van der Waals surface area (Å²) in [6, 6.07) is 0. The van der Waals surface area contributed by atoms with Gasteiger partial charge in [0.05, 0.1) is 20.6 Å². The number of quaternary nitrogens is 1. The summed E-state index contributed by atoms with van der Waals surface area (Å²) in [6.07, 6.45) is 24.6. The average molecular weight is 479 g/mol. The van der Waals surface area contributed by atoms with E-state index in [-0.39, 0.29) is 6.10 Å². The van der Waals surface area contributed by atoms with Crippen LogP contribution in [0.2, 0.25) is 0 Å². The molecule has 6 heteroatoms. The van der Waals surface area contributed by atoms with E-state index in [9.17, 15) is 14.4 Å². The highest BCUT2D eigenvalue weighted by atomic mass is 31.2. The number of phosphoric ester groups is 1. The third-order valence-electron chi connectivity index (χ3n) is 6.72. The van der Waals surface area contributed by atoms with Crippen LogP contribution in [-0.2, 0) is 9.09 Å². The molecule has 32 heavy (non-hydrogen) atoms. The van der Waals surface area contributed by atoms with Crippen LogP contribution in [-0.4, -0.2) is 47.6 Å². The van der Waals surface area contributed by atoms with Gasteiger partial charge in [0, 0.05) is 0 Å². The Hall–Kier alpha value is 0.0700. The van der Waals surface area contributed by atoms with E-state index in [4.69, 9.17) is 4.52 Å². The Kier molecular flexibility index (Phi) is 20.5. The van der Waals surface area contributed by atoms with Crippen LogP contribution in [0.15, 0.2) is 0 Å². The Labute approximate surface area is 200 Å². The zero-order valence-corrected chi connectivity index (χ0v) is 22.9. The highest BCUT2D eigenvalue weighted by Crippen LogP contribution is 2.39. The van der Waals surface area contributed by atoms with E-state index < -0.39 is 7.82 Å². The lowest BCUT2D eigenvalue weighted by Gasteiger charge is -2.32. The molecule has 0 bridgehead atoms. The first-order chi connectivity index (χ1) is 15.2. The molecule has 0 saturated carbocycles. The molecule has 0 rings (SSSR count). The van der Waals surface area contributed by atoms with Crippen molar-refractivity contribution in [1.29, 1.82) is 0 Å². The highest BCUT2D eigenvalue weighted by molar-refractivity contribution is 7.46. The maximum absolute atomic E-state index is 11.3. The van der Waals surface area contributed by atoms with Gasteiger partial charge in [0.25, 0.3) is 0 Å². The van der Waals surface area contributed by atoms with Crippen LogP contribution in [0.3, 0.4) is 0 Å². The van der Waals surface area contributed by atoms with Crippen molar-refractivity contribution in [3.63, 3.8) is 0 Å². The minimum Gasteiger partial charge on any atom is -0.327 e. The van der Waals surface area contributed by atoms with Gasteiger partial charge in [-0.05, 0) is 13.3 Å². The third-order valence-corrected chi connectivity index (χ3v) is 7.29. The van der Waals surface area contributed by atoms with Crippen LogP contribution in [0.5, 0.6) is 0 Å². The first-order valence-electron chi connectivity index (χ1n) is 13.8. The molecule has 0 aromatic carbocycles. The van der Waals surface area contributed by atoms with Crippen molar-refractivity contribution in [2.45, 2.75) is 142 Å². The molecule has 1 unspecified atom stereocenters. The molecular formula is C26H57NO4P+. The molecule has 194 valence electrons. The van der Waals surface area contributed by atoms with Crippen LogP contribution in [0.1, 0.15) is 136 Å². The normalized spacial score (nSPS) is 13.6. The molecule has 0 amide bonds. The number of hydrogen-bond acceptors (Lipinski definition) is 2. The quantitative estimate of drug-likeness (QED) is 0.0838. The Balaban J connectivity index is 3.53. The van der Waals surface area contributed by atoms with Crippen LogP contribution >= 0.6 is 7.82 Å². The minimum atomic E-state index is -4.42. The number of phosphoric acid groups is 1. The summed E-state index contributed by atoms with van der Waals surface area (Å²) in [7, 11) is -0.272. The Morgan fingerprint density at radius 2 is 1.00 bits per heavy atom. The Morgan fingerprint density at radius 1 is 0.656 bits per heavy atom. The van der Waals surface area contributed by atoms with Crippen molar-refractivity contribution in [2.75, 3.05) is 27.2 Å². The molecule has 0 aromatic rings. The molecule has 0 fully saturated rings. The van der Waals surface area contributed by atoms with Crippen molar-refractivity contribution in [1.82, 2.24) is 0 Å². The zero-order valence-electron chi connectivity index (χ0n) is 22.0. The lowest BCUT2D eigenvalue weighted by Crippen LogP contribution is -2.45. The molecule has 0 heterocycles. The van der Waals surface area contributed by atoms with Crippen LogP contribution in [0, 0.1) is 0 Å². The second-order valence-electron chi connectivity index (χ2n) is 10.5. The van der Waals surface area contributed by atoms with Crippen LogP contribution in [0.25, 0.3) is 0 Å². The van der Waals surface area contributed by atoms with E-state index in [1.807, 2.05) is 0 Å². The van der Waals surface area contributed by atoms with E-state index in [1.54, 1.807) is 0 Å². The van der Waals surface area contributed by atoms with Gasteiger partial charge in [0.2, 0.25) is 0 Å². The van der Waals surface area contributed by atoms with Crippen molar-refractivity contribution in [3.8, 4) is 0 Å². The van der Waals surface area contributed by atoms with Gasteiger partial charge in [0.15, 0.2) is 0 Å². The first kappa shape index (κ1) is 32.1. The van der Waals surface area contributed by atoms with Crippen molar-refractivity contribution < 1.29 is 23.4 Å². The average Bonchev–Trinajstić information content (AvgIpc) is 2.71. The Morgan fingerprint density at radius 3 is 1.31 bits per heavy atom. The fraction of sp³-hybridized carbons (Fsp3) is 1.00. The first-order valence-corrected chi connectivity index (χ1v) is 15.3. The van der Waals surface area contributed by atoms with E-state index in [0.29, 0.717) is 11.0 Å². The van der Waals surface area contributed by atoms with E-state index in [2.05, 4.69) is 27.9 Å². The summed E-state index contributed by atoms with van der Waals surface area (Å²) < 4.78 is 17.0. The SMILES string of the molecule is CCCCCCCCCCCCCCCCCCCCC(C[N+](C)(C)CC)OP(=O)(O)O. The molecule has 0 aliphatic rings. The fourth-order valence-electron chi connectivity index (χ4n) is 4.33. The van der Waals surface area contributed by atoms with Gasteiger partial charge in [-0.2, -0.15) is 0 Å². The van der Waals surface area contributed by atoms with Crippen LogP contribution < -0.4 is 0 Å².